The van der Waals surface area contributed by atoms with Crippen molar-refractivity contribution in [3.8, 4) is 0 Å². The van der Waals surface area contributed by atoms with Crippen molar-refractivity contribution in [1.29, 1.82) is 0 Å². The quantitative estimate of drug-likeness (QED) is 0.675. The van der Waals surface area contributed by atoms with Gasteiger partial charge in [-0.25, -0.2) is 0 Å². The van der Waals surface area contributed by atoms with Gasteiger partial charge in [-0.2, -0.15) is 0 Å². The highest BCUT2D eigenvalue weighted by Gasteiger charge is 2.20. The molecule has 6 nitrogen and oxygen atoms in total. The van der Waals surface area contributed by atoms with Crippen molar-refractivity contribution in [3.63, 3.8) is 0 Å². The Balaban J connectivity index is 3.41. The molecule has 1 N–H and O–H groups in total. The minimum Gasteiger partial charge on any atom is -0.391 e. The number of halogens is 1. The van der Waals surface area contributed by atoms with Crippen LogP contribution in [0.15, 0.2) is 21.5 Å². The number of nitro groups is 1. The van der Waals surface area contributed by atoms with Gasteiger partial charge in [-0.3, -0.25) is 14.9 Å². The van der Waals surface area contributed by atoms with Gasteiger partial charge in [0.25, 0.3) is 0 Å². The molecule has 1 aromatic rings. The molecule has 1 aromatic heterocycles. The Morgan fingerprint density at radius 1 is 1.56 bits per heavy atom. The number of rotatable bonds is 3. The van der Waals surface area contributed by atoms with E-state index in [1.807, 2.05) is 0 Å². The number of pyridine rings is 1. The maximum absolute atomic E-state index is 11.7. The number of hydrogen-bond donors (Lipinski definition) is 1. The highest BCUT2D eigenvalue weighted by molar-refractivity contribution is 9.10. The molecule has 1 rings (SSSR count). The average molecular weight is 291 g/mol. The van der Waals surface area contributed by atoms with Crippen LogP contribution in [-0.4, -0.2) is 20.7 Å². The minimum atomic E-state index is -0.772. The highest BCUT2D eigenvalue weighted by Crippen LogP contribution is 2.17. The van der Waals surface area contributed by atoms with Crippen molar-refractivity contribution in [2.75, 3.05) is 0 Å². The van der Waals surface area contributed by atoms with Gasteiger partial charge in [0.15, 0.2) is 0 Å². The summed E-state index contributed by atoms with van der Waals surface area (Å²) >= 11 is 3.09. The topological polar surface area (TPSA) is 85.4 Å². The molecule has 0 aliphatic rings. The van der Waals surface area contributed by atoms with E-state index in [4.69, 9.17) is 0 Å². The summed E-state index contributed by atoms with van der Waals surface area (Å²) in [4.78, 5) is 21.6. The van der Waals surface area contributed by atoms with Crippen LogP contribution >= 0.6 is 15.9 Å². The van der Waals surface area contributed by atoms with Crippen LogP contribution in [0.3, 0.4) is 0 Å². The van der Waals surface area contributed by atoms with Crippen molar-refractivity contribution in [1.82, 2.24) is 4.57 Å². The minimum absolute atomic E-state index is 0.423. The first-order valence-corrected chi connectivity index (χ1v) is 5.38. The van der Waals surface area contributed by atoms with Gasteiger partial charge in [-0.1, -0.05) is 0 Å². The van der Waals surface area contributed by atoms with Crippen LogP contribution in [0.2, 0.25) is 0 Å². The first-order valence-electron chi connectivity index (χ1n) is 4.58. The molecule has 0 bridgehead atoms. The van der Waals surface area contributed by atoms with Crippen LogP contribution in [0.5, 0.6) is 0 Å². The molecular weight excluding hydrogens is 280 g/mol. The maximum Gasteiger partial charge on any atom is 0.335 e. The molecule has 16 heavy (non-hydrogen) atoms. The lowest BCUT2D eigenvalue weighted by Gasteiger charge is -2.17. The van der Waals surface area contributed by atoms with E-state index in [2.05, 4.69) is 15.9 Å². The predicted molar refractivity (Wildman–Crippen MR) is 61.4 cm³/mol. The first-order chi connectivity index (χ1) is 7.34. The van der Waals surface area contributed by atoms with E-state index in [1.54, 1.807) is 6.92 Å². The molecule has 2 atom stereocenters. The lowest BCUT2D eigenvalue weighted by Crippen LogP contribution is -2.30. The Bertz CT molecular complexity index is 469. The molecule has 0 aliphatic heterocycles. The van der Waals surface area contributed by atoms with Crippen molar-refractivity contribution < 1.29 is 10.0 Å². The van der Waals surface area contributed by atoms with Crippen LogP contribution in [0, 0.1) is 10.1 Å². The van der Waals surface area contributed by atoms with Crippen molar-refractivity contribution in [2.45, 2.75) is 26.0 Å². The molecular formula is C9H11BrN2O4. The Morgan fingerprint density at radius 3 is 2.56 bits per heavy atom. The van der Waals surface area contributed by atoms with Gasteiger partial charge in [-0.05, 0) is 29.8 Å². The number of hydrogen-bond acceptors (Lipinski definition) is 4. The Kier molecular flexibility index (Phi) is 3.82. The normalized spacial score (nSPS) is 14.5. The van der Waals surface area contributed by atoms with E-state index in [9.17, 15) is 20.0 Å². The number of aliphatic hydroxyl groups excluding tert-OH is 1. The Morgan fingerprint density at radius 2 is 2.12 bits per heavy atom. The maximum atomic E-state index is 11.7. The average Bonchev–Trinajstić information content (AvgIpc) is 2.19. The van der Waals surface area contributed by atoms with Crippen LogP contribution in [0.4, 0.5) is 5.69 Å². The van der Waals surface area contributed by atoms with Crippen molar-refractivity contribution in [3.05, 3.63) is 37.2 Å². The summed E-state index contributed by atoms with van der Waals surface area (Å²) < 4.78 is 1.57. The molecule has 0 aromatic carbocycles. The van der Waals surface area contributed by atoms with Crippen LogP contribution in [-0.2, 0) is 0 Å². The van der Waals surface area contributed by atoms with E-state index in [0.717, 1.165) is 10.6 Å². The second-order valence-corrected chi connectivity index (χ2v) is 4.41. The highest BCUT2D eigenvalue weighted by atomic mass is 79.9. The largest absolute Gasteiger partial charge is 0.391 e. The molecule has 0 radical (unpaired) electrons. The zero-order valence-electron chi connectivity index (χ0n) is 8.75. The molecule has 0 aliphatic carbocycles. The predicted octanol–water partition coefficient (Wildman–Crippen LogP) is 1.46. The third-order valence-electron chi connectivity index (χ3n) is 2.32. The summed E-state index contributed by atoms with van der Waals surface area (Å²) in [6.07, 6.45) is 0.652. The van der Waals surface area contributed by atoms with E-state index >= 15 is 0 Å². The Hall–Kier alpha value is -1.21. The van der Waals surface area contributed by atoms with Gasteiger partial charge in [0.05, 0.1) is 17.1 Å². The fourth-order valence-corrected chi connectivity index (χ4v) is 1.66. The van der Waals surface area contributed by atoms with Gasteiger partial charge < -0.3 is 9.67 Å². The second-order valence-electron chi connectivity index (χ2n) is 3.49. The van der Waals surface area contributed by atoms with Gasteiger partial charge >= 0.3 is 11.2 Å². The molecule has 7 heteroatoms. The molecule has 1 heterocycles. The molecule has 0 saturated carbocycles. The smallest absolute Gasteiger partial charge is 0.335 e. The lowest BCUT2D eigenvalue weighted by molar-refractivity contribution is -0.386. The third-order valence-corrected chi connectivity index (χ3v) is 2.76. The second kappa shape index (κ2) is 4.75. The van der Waals surface area contributed by atoms with Crippen LogP contribution < -0.4 is 5.56 Å². The molecule has 0 fully saturated rings. The third kappa shape index (κ3) is 2.48. The Labute approximate surface area is 99.8 Å². The summed E-state index contributed by atoms with van der Waals surface area (Å²) in [5, 5.41) is 20.0. The number of aliphatic hydroxyl groups is 1. The van der Waals surface area contributed by atoms with Crippen LogP contribution in [0.25, 0.3) is 0 Å². The summed E-state index contributed by atoms with van der Waals surface area (Å²) in [6, 6.07) is 0.622. The number of aromatic nitrogens is 1. The van der Waals surface area contributed by atoms with E-state index < -0.39 is 28.3 Å². The van der Waals surface area contributed by atoms with Gasteiger partial charge in [0, 0.05) is 16.7 Å². The van der Waals surface area contributed by atoms with E-state index in [0.29, 0.717) is 4.47 Å². The van der Waals surface area contributed by atoms with E-state index in [1.165, 1.54) is 13.1 Å². The number of nitrogens with zero attached hydrogens (tertiary/aromatic N) is 2. The monoisotopic (exact) mass is 290 g/mol. The lowest BCUT2D eigenvalue weighted by atomic mass is 10.2. The fourth-order valence-electron chi connectivity index (χ4n) is 1.22. The molecule has 0 saturated heterocycles. The summed E-state index contributed by atoms with van der Waals surface area (Å²) in [5.41, 5.74) is -1.23. The van der Waals surface area contributed by atoms with Crippen molar-refractivity contribution >= 4 is 21.6 Å². The van der Waals surface area contributed by atoms with Crippen LogP contribution in [0.1, 0.15) is 19.9 Å². The zero-order chi connectivity index (χ0) is 12.5. The fraction of sp³-hybridized carbons (Fsp3) is 0.444. The molecule has 88 valence electrons. The summed E-state index contributed by atoms with van der Waals surface area (Å²) in [7, 11) is 0. The molecule has 0 amide bonds. The standard InChI is InChI=1S/C9H11BrN2O4/c1-5(6(2)13)11-4-7(10)3-8(9(11)14)12(15)16/h3-6,13H,1-2H3. The van der Waals surface area contributed by atoms with Gasteiger partial charge in [0.1, 0.15) is 0 Å². The zero-order valence-corrected chi connectivity index (χ0v) is 10.3. The van der Waals surface area contributed by atoms with Gasteiger partial charge in [-0.15, -0.1) is 0 Å². The molecule has 2 unspecified atom stereocenters. The summed E-state index contributed by atoms with van der Waals surface area (Å²) in [6.45, 7) is 3.13. The van der Waals surface area contributed by atoms with Gasteiger partial charge in [0.2, 0.25) is 0 Å². The molecule has 0 spiro atoms. The first kappa shape index (κ1) is 12.9. The van der Waals surface area contributed by atoms with Crippen molar-refractivity contribution in [2.24, 2.45) is 0 Å². The summed E-state index contributed by atoms with van der Waals surface area (Å²) in [5.74, 6) is 0. The van der Waals surface area contributed by atoms with E-state index in [-0.39, 0.29) is 0 Å². The SMILES string of the molecule is CC(O)C(C)n1cc(Br)cc([N+](=O)[O-])c1=O.